The van der Waals surface area contributed by atoms with E-state index in [0.29, 0.717) is 18.8 Å². The third kappa shape index (κ3) is 3.72. The molecule has 2 saturated heterocycles. The molecular formula is C19H26FN3O3. The number of ether oxygens (including phenoxy) is 1. The SMILES string of the molecule is CC1CN(C(=O)Cc2ccc(F)cn2)CCC12CCC(C(=O)N(C)C)O2. The quantitative estimate of drug-likeness (QED) is 0.819. The average Bonchev–Trinajstić information content (AvgIpc) is 3.04. The van der Waals surface area contributed by atoms with Gasteiger partial charge in [-0.2, -0.15) is 0 Å². The summed E-state index contributed by atoms with van der Waals surface area (Å²) < 4.78 is 19.1. The van der Waals surface area contributed by atoms with Gasteiger partial charge in [-0.05, 0) is 31.4 Å². The molecule has 142 valence electrons. The fourth-order valence-corrected chi connectivity index (χ4v) is 3.95. The molecule has 0 N–H and O–H groups in total. The fraction of sp³-hybridized carbons (Fsp3) is 0.632. The van der Waals surface area contributed by atoms with Gasteiger partial charge in [-0.1, -0.05) is 6.92 Å². The molecular weight excluding hydrogens is 337 g/mol. The molecule has 1 aromatic heterocycles. The lowest BCUT2D eigenvalue weighted by Crippen LogP contribution is -2.53. The summed E-state index contributed by atoms with van der Waals surface area (Å²) in [5.41, 5.74) is 0.249. The predicted octanol–water partition coefficient (Wildman–Crippen LogP) is 1.64. The second-order valence-electron chi connectivity index (χ2n) is 7.58. The van der Waals surface area contributed by atoms with Crippen molar-refractivity contribution in [3.05, 3.63) is 29.8 Å². The Kier molecular flexibility index (Phi) is 5.27. The molecule has 3 unspecified atom stereocenters. The van der Waals surface area contributed by atoms with Crippen LogP contribution in [0.5, 0.6) is 0 Å². The number of pyridine rings is 1. The maximum absolute atomic E-state index is 12.9. The number of hydrogen-bond donors (Lipinski definition) is 0. The van der Waals surface area contributed by atoms with Crippen molar-refractivity contribution in [2.24, 2.45) is 5.92 Å². The number of hydrogen-bond acceptors (Lipinski definition) is 4. The van der Waals surface area contributed by atoms with Crippen LogP contribution in [0.25, 0.3) is 0 Å². The lowest BCUT2D eigenvalue weighted by atomic mass is 9.80. The van der Waals surface area contributed by atoms with Gasteiger partial charge in [-0.25, -0.2) is 4.39 Å². The third-order valence-corrected chi connectivity index (χ3v) is 5.59. The molecule has 2 aliphatic heterocycles. The predicted molar refractivity (Wildman–Crippen MR) is 93.8 cm³/mol. The Bertz CT molecular complexity index is 679. The van der Waals surface area contributed by atoms with Crippen molar-refractivity contribution < 1.29 is 18.7 Å². The second-order valence-corrected chi connectivity index (χ2v) is 7.58. The van der Waals surface area contributed by atoms with E-state index in [2.05, 4.69) is 11.9 Å². The molecule has 1 spiro atoms. The average molecular weight is 363 g/mol. The summed E-state index contributed by atoms with van der Waals surface area (Å²) in [7, 11) is 3.48. The molecule has 2 aliphatic rings. The number of likely N-dealkylation sites (tertiary alicyclic amines) is 1. The minimum absolute atomic E-state index is 0.00923. The van der Waals surface area contributed by atoms with Crippen LogP contribution in [0.15, 0.2) is 18.3 Å². The molecule has 6 nitrogen and oxygen atoms in total. The Morgan fingerprint density at radius 2 is 2.15 bits per heavy atom. The molecule has 7 heteroatoms. The highest BCUT2D eigenvalue weighted by atomic mass is 19.1. The van der Waals surface area contributed by atoms with Gasteiger partial charge < -0.3 is 14.5 Å². The van der Waals surface area contributed by atoms with Gasteiger partial charge in [0, 0.05) is 38.8 Å². The number of carbonyl (C=O) groups is 2. The largest absolute Gasteiger partial charge is 0.362 e. The van der Waals surface area contributed by atoms with Gasteiger partial charge in [-0.15, -0.1) is 0 Å². The van der Waals surface area contributed by atoms with Crippen LogP contribution in [0, 0.1) is 11.7 Å². The molecule has 0 bridgehead atoms. The summed E-state index contributed by atoms with van der Waals surface area (Å²) in [6.45, 7) is 3.29. The van der Waals surface area contributed by atoms with Crippen molar-refractivity contribution in [2.75, 3.05) is 27.2 Å². The van der Waals surface area contributed by atoms with E-state index in [1.165, 1.54) is 6.07 Å². The lowest BCUT2D eigenvalue weighted by molar-refractivity contribution is -0.158. The van der Waals surface area contributed by atoms with Crippen LogP contribution in [-0.2, 0) is 20.7 Å². The maximum Gasteiger partial charge on any atom is 0.251 e. The second kappa shape index (κ2) is 7.31. The molecule has 2 fully saturated rings. The van der Waals surface area contributed by atoms with E-state index in [1.807, 2.05) is 4.90 Å². The highest BCUT2D eigenvalue weighted by Crippen LogP contribution is 2.42. The van der Waals surface area contributed by atoms with Crippen molar-refractivity contribution in [2.45, 2.75) is 44.3 Å². The van der Waals surface area contributed by atoms with E-state index in [0.717, 1.165) is 25.5 Å². The van der Waals surface area contributed by atoms with Crippen molar-refractivity contribution in [3.8, 4) is 0 Å². The van der Waals surface area contributed by atoms with Crippen LogP contribution in [0.4, 0.5) is 4.39 Å². The minimum atomic E-state index is -0.407. The van der Waals surface area contributed by atoms with Crippen LogP contribution in [-0.4, -0.2) is 65.5 Å². The minimum Gasteiger partial charge on any atom is -0.362 e. The van der Waals surface area contributed by atoms with Crippen LogP contribution in [0.3, 0.4) is 0 Å². The van der Waals surface area contributed by atoms with Crippen molar-refractivity contribution in [3.63, 3.8) is 0 Å². The van der Waals surface area contributed by atoms with E-state index >= 15 is 0 Å². The number of piperidine rings is 1. The highest BCUT2D eigenvalue weighted by molar-refractivity contribution is 5.81. The lowest BCUT2D eigenvalue weighted by Gasteiger charge is -2.44. The zero-order valence-electron chi connectivity index (χ0n) is 15.6. The molecule has 0 aromatic carbocycles. The number of likely N-dealkylation sites (N-methyl/N-ethyl adjacent to an activating group) is 1. The van der Waals surface area contributed by atoms with E-state index < -0.39 is 5.82 Å². The molecule has 3 atom stereocenters. The van der Waals surface area contributed by atoms with E-state index in [1.54, 1.807) is 25.1 Å². The van der Waals surface area contributed by atoms with Crippen molar-refractivity contribution >= 4 is 11.8 Å². The van der Waals surface area contributed by atoms with E-state index in [-0.39, 0.29) is 35.9 Å². The Labute approximate surface area is 153 Å². The molecule has 1 aromatic rings. The monoisotopic (exact) mass is 363 g/mol. The number of amides is 2. The topological polar surface area (TPSA) is 62.7 Å². The summed E-state index contributed by atoms with van der Waals surface area (Å²) in [6.07, 6.45) is 3.23. The van der Waals surface area contributed by atoms with Gasteiger partial charge >= 0.3 is 0 Å². The van der Waals surface area contributed by atoms with Crippen LogP contribution < -0.4 is 0 Å². The number of aromatic nitrogens is 1. The van der Waals surface area contributed by atoms with E-state index in [9.17, 15) is 14.0 Å². The first-order chi connectivity index (χ1) is 12.3. The number of carbonyl (C=O) groups excluding carboxylic acids is 2. The fourth-order valence-electron chi connectivity index (χ4n) is 3.95. The summed E-state index contributed by atoms with van der Waals surface area (Å²) in [5.74, 6) is -0.254. The Hall–Kier alpha value is -2.02. The molecule has 0 saturated carbocycles. The zero-order chi connectivity index (χ0) is 18.9. The molecule has 2 amide bonds. The first kappa shape index (κ1) is 18.8. The van der Waals surface area contributed by atoms with Gasteiger partial charge in [0.05, 0.1) is 18.2 Å². The maximum atomic E-state index is 12.9. The highest BCUT2D eigenvalue weighted by Gasteiger charge is 2.49. The summed E-state index contributed by atoms with van der Waals surface area (Å²) in [6, 6.07) is 2.86. The molecule has 26 heavy (non-hydrogen) atoms. The van der Waals surface area contributed by atoms with Crippen molar-refractivity contribution in [1.82, 2.24) is 14.8 Å². The number of nitrogens with zero attached hydrogens (tertiary/aromatic N) is 3. The Morgan fingerprint density at radius 1 is 1.38 bits per heavy atom. The molecule has 3 heterocycles. The first-order valence-corrected chi connectivity index (χ1v) is 9.08. The van der Waals surface area contributed by atoms with Gasteiger partial charge in [0.2, 0.25) is 5.91 Å². The van der Waals surface area contributed by atoms with Crippen molar-refractivity contribution in [1.29, 1.82) is 0 Å². The van der Waals surface area contributed by atoms with Gasteiger partial charge in [0.15, 0.2) is 0 Å². The molecule has 0 radical (unpaired) electrons. The normalized spacial score (nSPS) is 28.4. The third-order valence-electron chi connectivity index (χ3n) is 5.59. The van der Waals surface area contributed by atoms with Gasteiger partial charge in [-0.3, -0.25) is 14.6 Å². The molecule has 3 rings (SSSR count). The zero-order valence-corrected chi connectivity index (χ0v) is 15.6. The smallest absolute Gasteiger partial charge is 0.251 e. The number of rotatable bonds is 3. The first-order valence-electron chi connectivity index (χ1n) is 9.08. The standard InChI is InChI=1S/C19H26FN3O3/c1-13-12-23(17(24)10-15-5-4-14(20)11-21-15)9-8-19(13)7-6-16(26-19)18(25)22(2)3/h4-5,11,13,16H,6-10,12H2,1-3H3. The van der Waals surface area contributed by atoms with E-state index in [4.69, 9.17) is 4.74 Å². The molecule has 0 aliphatic carbocycles. The van der Waals surface area contributed by atoms with Gasteiger partial charge in [0.25, 0.3) is 5.91 Å². The Balaban J connectivity index is 1.59. The van der Waals surface area contributed by atoms with Crippen LogP contribution >= 0.6 is 0 Å². The van der Waals surface area contributed by atoms with Gasteiger partial charge in [0.1, 0.15) is 11.9 Å². The van der Waals surface area contributed by atoms with Crippen LogP contribution in [0.2, 0.25) is 0 Å². The number of halogens is 1. The summed E-state index contributed by atoms with van der Waals surface area (Å²) >= 11 is 0. The summed E-state index contributed by atoms with van der Waals surface area (Å²) in [4.78, 5) is 32.1. The van der Waals surface area contributed by atoms with Crippen LogP contribution in [0.1, 0.15) is 31.9 Å². The Morgan fingerprint density at radius 3 is 2.77 bits per heavy atom. The summed E-state index contributed by atoms with van der Waals surface area (Å²) in [5, 5.41) is 0.